The van der Waals surface area contributed by atoms with Gasteiger partial charge in [0.2, 0.25) is 0 Å². The van der Waals surface area contributed by atoms with Crippen LogP contribution in [0.2, 0.25) is 0 Å². The maximum Gasteiger partial charge on any atom is 0.0713 e. The van der Waals surface area contributed by atoms with Crippen LogP contribution in [0.25, 0.3) is 22.3 Å². The highest BCUT2D eigenvalue weighted by Crippen LogP contribution is 2.57. The van der Waals surface area contributed by atoms with Gasteiger partial charge in [0, 0.05) is 13.8 Å². The summed E-state index contributed by atoms with van der Waals surface area (Å²) in [6, 6.07) is 117. The molecule has 0 saturated heterocycles. The third-order valence-electron chi connectivity index (χ3n) is 16.6. The van der Waals surface area contributed by atoms with Crippen LogP contribution in [-0.4, -0.2) is 0 Å². The van der Waals surface area contributed by atoms with Crippen LogP contribution < -0.4 is 0 Å². The Morgan fingerprint density at radius 1 is 0.221 bits per heavy atom. The Morgan fingerprint density at radius 2 is 0.375 bits per heavy atom. The first kappa shape index (κ1) is 91.6. The van der Waals surface area contributed by atoms with E-state index in [1.165, 1.54) is 125 Å². The number of nitrogens with zero attached hydrogens (tertiary/aromatic N) is 2. The standard InChI is InChI=1S/2C25H18.2C10H14.2C8H10.2C2H3N.6C2H6/c2*1-3-11-19(12-4-1)25(20-13-5-2-6-14-20)23-17-9-7-15-21(23)22-16-8-10-18-24(22)25;2*1-4-10-6-8(2)5-9(3)7-10;2*1-2-8-6-4-3-5-7-8;2*1-2-3;6*1-2/h2*1-18H;2*5-7H,4H2,1-3H3;2*3-7H,2H2,1H3;2*1H3;6*1-2H3. The third kappa shape index (κ3) is 26.2. The van der Waals surface area contributed by atoms with Crippen molar-refractivity contribution >= 4 is 0 Å². The van der Waals surface area contributed by atoms with Crippen molar-refractivity contribution in [2.75, 3.05) is 0 Å². The molecule has 12 aromatic carbocycles. The summed E-state index contributed by atoms with van der Waals surface area (Å²) in [5.41, 5.74) is 26.8. The zero-order valence-electron chi connectivity index (χ0n) is 67.7. The minimum absolute atomic E-state index is 0.254. The van der Waals surface area contributed by atoms with Gasteiger partial charge in [0.1, 0.15) is 0 Å². The molecule has 0 amide bonds. The van der Waals surface area contributed by atoms with Gasteiger partial charge >= 0.3 is 0 Å². The zero-order chi connectivity index (χ0) is 77.6. The molecule has 0 saturated carbocycles. The predicted molar refractivity (Wildman–Crippen MR) is 460 cm³/mol. The average molecular weight is 1380 g/mol. The summed E-state index contributed by atoms with van der Waals surface area (Å²) in [7, 11) is 0. The molecule has 12 aromatic rings. The summed E-state index contributed by atoms with van der Waals surface area (Å²) in [5, 5.41) is 14.6. The van der Waals surface area contributed by atoms with E-state index in [-0.39, 0.29) is 10.8 Å². The minimum atomic E-state index is -0.254. The van der Waals surface area contributed by atoms with Gasteiger partial charge in [-0.1, -0.05) is 448 Å². The normalized spacial score (nSPS) is 10.5. The SMILES string of the molecule is CC.CC.CC.CC.CC.CC.CC#N.CC#N.CCc1cc(C)cc(C)c1.CCc1cc(C)cc(C)c1.CCc1ccccc1.CCc1ccccc1.c1ccc(C2(c3ccccc3)c3ccccc3-c3ccccc32)cc1.c1ccc(C2(c3ccccc3)c3ccccc3-c3ccccc32)cc1. The lowest BCUT2D eigenvalue weighted by Gasteiger charge is -2.33. The predicted octanol–water partition coefficient (Wildman–Crippen LogP) is 29.5. The molecule has 0 spiro atoms. The molecule has 0 fully saturated rings. The van der Waals surface area contributed by atoms with E-state index in [0.29, 0.717) is 0 Å². The van der Waals surface area contributed by atoms with Crippen molar-refractivity contribution in [1.29, 1.82) is 10.5 Å². The van der Waals surface area contributed by atoms with E-state index in [2.05, 4.69) is 359 Å². The van der Waals surface area contributed by atoms with Crippen molar-refractivity contribution in [3.05, 3.63) is 404 Å². The van der Waals surface area contributed by atoms with Gasteiger partial charge in [-0.25, -0.2) is 0 Å². The Balaban J connectivity index is 0.000000630. The second-order valence-corrected chi connectivity index (χ2v) is 23.0. The van der Waals surface area contributed by atoms with E-state index >= 15 is 0 Å². The van der Waals surface area contributed by atoms with Gasteiger partial charge in [0.25, 0.3) is 0 Å². The van der Waals surface area contributed by atoms with Crippen molar-refractivity contribution in [1.82, 2.24) is 0 Å². The second-order valence-electron chi connectivity index (χ2n) is 23.0. The zero-order valence-corrected chi connectivity index (χ0v) is 67.7. The third-order valence-corrected chi connectivity index (χ3v) is 16.6. The molecule has 104 heavy (non-hydrogen) atoms. The molecule has 2 heteroatoms. The fraction of sp³-hybridized carbons (Fsp3) is 0.275. The first-order chi connectivity index (χ1) is 51.0. The molecule has 0 aliphatic heterocycles. The van der Waals surface area contributed by atoms with Crippen LogP contribution in [0.15, 0.2) is 315 Å². The first-order valence-corrected chi connectivity index (χ1v) is 38.4. The topological polar surface area (TPSA) is 47.6 Å². The number of benzene rings is 12. The van der Waals surface area contributed by atoms with Gasteiger partial charge in [-0.05, 0) is 142 Å². The summed E-state index contributed by atoms with van der Waals surface area (Å²) in [4.78, 5) is 0. The number of hydrogen-bond acceptors (Lipinski definition) is 2. The van der Waals surface area contributed by atoms with Gasteiger partial charge in [-0.3, -0.25) is 0 Å². The fourth-order valence-electron chi connectivity index (χ4n) is 12.8. The number of fused-ring (bicyclic) bond motifs is 6. The van der Waals surface area contributed by atoms with E-state index < -0.39 is 0 Å². The lowest BCUT2D eigenvalue weighted by Crippen LogP contribution is -2.28. The van der Waals surface area contributed by atoms with E-state index in [4.69, 9.17) is 10.5 Å². The van der Waals surface area contributed by atoms with Crippen molar-refractivity contribution in [3.8, 4) is 34.4 Å². The molecule has 2 aliphatic carbocycles. The molecule has 14 rings (SSSR count). The van der Waals surface area contributed by atoms with Crippen LogP contribution in [0.4, 0.5) is 0 Å². The Kier molecular flexibility index (Phi) is 47.9. The second kappa shape index (κ2) is 54.3. The van der Waals surface area contributed by atoms with Crippen LogP contribution in [-0.2, 0) is 36.5 Å². The highest BCUT2D eigenvalue weighted by Gasteiger charge is 2.47. The average Bonchev–Trinajstić information content (AvgIpc) is 1.55. The van der Waals surface area contributed by atoms with Crippen LogP contribution in [0.5, 0.6) is 0 Å². The van der Waals surface area contributed by atoms with Gasteiger partial charge in [0.05, 0.1) is 23.0 Å². The van der Waals surface area contributed by atoms with Gasteiger partial charge in [-0.2, -0.15) is 10.5 Å². The largest absolute Gasteiger partial charge is 0.199 e. The Morgan fingerprint density at radius 3 is 0.538 bits per heavy atom. The van der Waals surface area contributed by atoms with E-state index in [1.54, 1.807) is 12.1 Å². The first-order valence-electron chi connectivity index (χ1n) is 38.4. The molecular weight excluding hydrogens is 1250 g/mol. The Hall–Kier alpha value is -10.4. The summed E-state index contributed by atoms with van der Waals surface area (Å²) in [6.07, 6.45) is 4.56. The van der Waals surface area contributed by atoms with Crippen molar-refractivity contribution < 1.29 is 0 Å². The molecule has 2 nitrogen and oxygen atoms in total. The van der Waals surface area contributed by atoms with Gasteiger partial charge in [-0.15, -0.1) is 0 Å². The summed E-state index contributed by atoms with van der Waals surface area (Å²) < 4.78 is 0. The lowest BCUT2D eigenvalue weighted by atomic mass is 9.68. The fourth-order valence-corrected chi connectivity index (χ4v) is 12.8. The van der Waals surface area contributed by atoms with E-state index in [1.807, 2.05) is 95.2 Å². The molecule has 0 aromatic heterocycles. The molecule has 0 unspecified atom stereocenters. The lowest BCUT2D eigenvalue weighted by molar-refractivity contribution is 0.768. The van der Waals surface area contributed by atoms with Crippen LogP contribution >= 0.6 is 0 Å². The number of aryl methyl sites for hydroxylation is 8. The van der Waals surface area contributed by atoms with E-state index in [9.17, 15) is 0 Å². The van der Waals surface area contributed by atoms with Crippen LogP contribution in [0.1, 0.15) is 214 Å². The Labute approximate surface area is 634 Å². The van der Waals surface area contributed by atoms with Gasteiger partial charge in [0.15, 0.2) is 0 Å². The minimum Gasteiger partial charge on any atom is -0.199 e. The number of hydrogen-bond donors (Lipinski definition) is 0. The smallest absolute Gasteiger partial charge is 0.0713 e. The summed E-state index contributed by atoms with van der Waals surface area (Å²) in [6.45, 7) is 44.1. The van der Waals surface area contributed by atoms with E-state index in [0.717, 1.165) is 25.7 Å². The summed E-state index contributed by atoms with van der Waals surface area (Å²) in [5.74, 6) is 0. The highest BCUT2D eigenvalue weighted by atomic mass is 14.5. The number of rotatable bonds is 8. The van der Waals surface area contributed by atoms with Crippen molar-refractivity contribution in [2.24, 2.45) is 0 Å². The van der Waals surface area contributed by atoms with Crippen molar-refractivity contribution in [3.63, 3.8) is 0 Å². The molecule has 0 heterocycles. The molecule has 544 valence electrons. The van der Waals surface area contributed by atoms with Gasteiger partial charge < -0.3 is 0 Å². The maximum atomic E-state index is 7.32. The monoisotopic (exact) mass is 1380 g/mol. The highest BCUT2D eigenvalue weighted by molar-refractivity contribution is 5.87. The van der Waals surface area contributed by atoms with Crippen LogP contribution in [0, 0.1) is 50.4 Å². The molecule has 0 atom stereocenters. The maximum absolute atomic E-state index is 7.32. The summed E-state index contributed by atoms with van der Waals surface area (Å²) >= 11 is 0. The quantitative estimate of drug-likeness (QED) is 0.152. The molecule has 0 radical (unpaired) electrons. The Bertz CT molecular complexity index is 3720. The molecule has 2 aliphatic rings. The van der Waals surface area contributed by atoms with Crippen molar-refractivity contribution in [2.45, 2.75) is 189 Å². The molecule has 0 bridgehead atoms. The molecule has 0 N–H and O–H groups in total. The number of nitriles is 2. The molecular formula is C102H126N2. The van der Waals surface area contributed by atoms with Crippen LogP contribution in [0.3, 0.4) is 0 Å².